The number of aldehydes is 2. The van der Waals surface area contributed by atoms with Gasteiger partial charge in [0.15, 0.2) is 12.6 Å². The van der Waals surface area contributed by atoms with Gasteiger partial charge in [0.2, 0.25) is 0 Å². The molecule has 0 aliphatic rings. The van der Waals surface area contributed by atoms with E-state index in [0.717, 1.165) is 0 Å². The molecule has 20 heavy (non-hydrogen) atoms. The maximum Gasteiger partial charge on any atom is 0.153 e. The summed E-state index contributed by atoms with van der Waals surface area (Å²) in [6.45, 7) is 1.36. The zero-order valence-electron chi connectivity index (χ0n) is 11.6. The largest absolute Gasteiger partial charge is 0.490 e. The highest BCUT2D eigenvalue weighted by Gasteiger charge is 2.11. The Morgan fingerprint density at radius 3 is 1.50 bits per heavy atom. The van der Waals surface area contributed by atoms with Gasteiger partial charge >= 0.3 is 0 Å². The molecule has 0 aliphatic carbocycles. The summed E-state index contributed by atoms with van der Waals surface area (Å²) in [6.07, 6.45) is 1.31. The van der Waals surface area contributed by atoms with Crippen molar-refractivity contribution < 1.29 is 28.5 Å². The van der Waals surface area contributed by atoms with E-state index in [-0.39, 0.29) is 0 Å². The minimum Gasteiger partial charge on any atom is -0.490 e. The smallest absolute Gasteiger partial charge is 0.153 e. The van der Waals surface area contributed by atoms with Crippen LogP contribution in [0.4, 0.5) is 0 Å². The van der Waals surface area contributed by atoms with E-state index >= 15 is 0 Å². The summed E-state index contributed by atoms with van der Waals surface area (Å²) in [4.78, 5) is 22.1. The molecule has 0 N–H and O–H groups in total. The number of benzene rings is 1. The minimum absolute atomic E-state index is 0.291. The molecule has 0 unspecified atom stereocenters. The van der Waals surface area contributed by atoms with Crippen molar-refractivity contribution in [1.82, 2.24) is 0 Å². The van der Waals surface area contributed by atoms with Gasteiger partial charge in [0, 0.05) is 14.2 Å². The lowest BCUT2D eigenvalue weighted by molar-refractivity contribution is 0.109. The van der Waals surface area contributed by atoms with Crippen LogP contribution in [0.25, 0.3) is 0 Å². The molecule has 0 aromatic heterocycles. The van der Waals surface area contributed by atoms with Crippen molar-refractivity contribution in [3.8, 4) is 11.5 Å². The summed E-state index contributed by atoms with van der Waals surface area (Å²) in [5.74, 6) is 0.663. The summed E-state index contributed by atoms with van der Waals surface area (Å²) in [5.41, 5.74) is 0.637. The minimum atomic E-state index is 0.291. The van der Waals surface area contributed by atoms with Gasteiger partial charge in [0.1, 0.15) is 24.7 Å². The number of carbonyl (C=O) groups excluding carboxylic acids is 2. The quantitative estimate of drug-likeness (QED) is 0.476. The molecule has 0 bridgehead atoms. The molecule has 1 aromatic carbocycles. The first-order valence-electron chi connectivity index (χ1n) is 6.08. The summed E-state index contributed by atoms with van der Waals surface area (Å²) in [5, 5.41) is 0. The van der Waals surface area contributed by atoms with E-state index in [2.05, 4.69) is 0 Å². The van der Waals surface area contributed by atoms with E-state index < -0.39 is 0 Å². The molecule has 1 aromatic rings. The van der Waals surface area contributed by atoms with Gasteiger partial charge in [0.05, 0.1) is 24.3 Å². The average Bonchev–Trinajstić information content (AvgIpc) is 2.48. The van der Waals surface area contributed by atoms with Gasteiger partial charge < -0.3 is 18.9 Å². The molecule has 0 atom stereocenters. The third-order valence-electron chi connectivity index (χ3n) is 2.49. The standard InChI is InChI=1S/C14H18O6/c1-17-3-5-19-13-7-12(10-16)14(8-11(13)9-15)20-6-4-18-2/h7-10H,3-6H2,1-2H3. The Balaban J connectivity index is 2.91. The number of ether oxygens (including phenoxy) is 4. The van der Waals surface area contributed by atoms with Crippen LogP contribution in [0.2, 0.25) is 0 Å². The predicted molar refractivity (Wildman–Crippen MR) is 72.0 cm³/mol. The van der Waals surface area contributed by atoms with Crippen molar-refractivity contribution in [1.29, 1.82) is 0 Å². The maximum absolute atomic E-state index is 11.1. The van der Waals surface area contributed by atoms with Crippen LogP contribution in [0.15, 0.2) is 12.1 Å². The number of hydrogen-bond acceptors (Lipinski definition) is 6. The Kier molecular flexibility index (Phi) is 7.31. The maximum atomic E-state index is 11.1. The number of hydrogen-bond donors (Lipinski definition) is 0. The second kappa shape index (κ2) is 9.06. The second-order valence-corrected chi connectivity index (χ2v) is 3.85. The van der Waals surface area contributed by atoms with Crippen LogP contribution in [0, 0.1) is 0 Å². The summed E-state index contributed by atoms with van der Waals surface area (Å²) >= 11 is 0. The predicted octanol–water partition coefficient (Wildman–Crippen LogP) is 1.36. The highest BCUT2D eigenvalue weighted by Crippen LogP contribution is 2.27. The van der Waals surface area contributed by atoms with Crippen molar-refractivity contribution in [2.75, 3.05) is 40.6 Å². The first-order chi connectivity index (χ1) is 9.76. The Morgan fingerprint density at radius 1 is 0.800 bits per heavy atom. The van der Waals surface area contributed by atoms with Crippen molar-refractivity contribution in [3.05, 3.63) is 23.3 Å². The van der Waals surface area contributed by atoms with Crippen molar-refractivity contribution >= 4 is 12.6 Å². The third kappa shape index (κ3) is 4.64. The van der Waals surface area contributed by atoms with E-state index in [0.29, 0.717) is 61.6 Å². The fourth-order valence-corrected chi connectivity index (χ4v) is 1.50. The van der Waals surface area contributed by atoms with E-state index in [1.807, 2.05) is 0 Å². The fraction of sp³-hybridized carbons (Fsp3) is 0.429. The molecule has 110 valence electrons. The number of rotatable bonds is 10. The van der Waals surface area contributed by atoms with Crippen molar-refractivity contribution in [2.24, 2.45) is 0 Å². The SMILES string of the molecule is COCCOc1cc(C=O)c(OCCOC)cc1C=O. The van der Waals surface area contributed by atoms with Crippen molar-refractivity contribution in [2.45, 2.75) is 0 Å². The fourth-order valence-electron chi connectivity index (χ4n) is 1.50. The molecular weight excluding hydrogens is 264 g/mol. The van der Waals surface area contributed by atoms with Gasteiger partial charge in [-0.25, -0.2) is 0 Å². The molecule has 0 saturated heterocycles. The van der Waals surface area contributed by atoms with Crippen LogP contribution in [-0.2, 0) is 9.47 Å². The van der Waals surface area contributed by atoms with Gasteiger partial charge in [-0.05, 0) is 12.1 Å². The highest BCUT2D eigenvalue weighted by atomic mass is 16.5. The van der Waals surface area contributed by atoms with Crippen molar-refractivity contribution in [3.63, 3.8) is 0 Å². The number of carbonyl (C=O) groups is 2. The molecule has 0 aliphatic heterocycles. The van der Waals surface area contributed by atoms with E-state index in [1.165, 1.54) is 12.1 Å². The summed E-state index contributed by atoms with van der Waals surface area (Å²) in [7, 11) is 3.10. The molecule has 1 rings (SSSR count). The van der Waals surface area contributed by atoms with Gasteiger partial charge in [-0.15, -0.1) is 0 Å². The Bertz CT molecular complexity index is 402. The van der Waals surface area contributed by atoms with E-state index in [4.69, 9.17) is 18.9 Å². The molecule has 0 fully saturated rings. The Hall–Kier alpha value is -1.92. The van der Waals surface area contributed by atoms with E-state index in [9.17, 15) is 9.59 Å². The lowest BCUT2D eigenvalue weighted by Gasteiger charge is -2.13. The lowest BCUT2D eigenvalue weighted by atomic mass is 10.1. The monoisotopic (exact) mass is 282 g/mol. The van der Waals surface area contributed by atoms with Crippen LogP contribution in [0.5, 0.6) is 11.5 Å². The van der Waals surface area contributed by atoms with E-state index in [1.54, 1.807) is 14.2 Å². The first-order valence-corrected chi connectivity index (χ1v) is 6.08. The molecule has 0 radical (unpaired) electrons. The van der Waals surface area contributed by atoms with Crippen LogP contribution in [0.1, 0.15) is 20.7 Å². The normalized spacial score (nSPS) is 10.1. The van der Waals surface area contributed by atoms with Crippen LogP contribution >= 0.6 is 0 Å². The zero-order chi connectivity index (χ0) is 14.8. The van der Waals surface area contributed by atoms with Gasteiger partial charge in [-0.1, -0.05) is 0 Å². The molecule has 6 heteroatoms. The zero-order valence-corrected chi connectivity index (χ0v) is 11.6. The summed E-state index contributed by atoms with van der Waals surface area (Å²) < 4.78 is 20.5. The molecule has 0 amide bonds. The highest BCUT2D eigenvalue weighted by molar-refractivity contribution is 5.87. The van der Waals surface area contributed by atoms with Crippen LogP contribution in [0.3, 0.4) is 0 Å². The molecular formula is C14H18O6. The molecule has 0 spiro atoms. The first kappa shape index (κ1) is 16.1. The second-order valence-electron chi connectivity index (χ2n) is 3.85. The molecule has 6 nitrogen and oxygen atoms in total. The van der Waals surface area contributed by atoms with Crippen LogP contribution < -0.4 is 9.47 Å². The lowest BCUT2D eigenvalue weighted by Crippen LogP contribution is -2.09. The average molecular weight is 282 g/mol. The van der Waals surface area contributed by atoms with Gasteiger partial charge in [0.25, 0.3) is 0 Å². The summed E-state index contributed by atoms with van der Waals surface area (Å²) in [6, 6.07) is 2.96. The molecule has 0 saturated carbocycles. The Labute approximate surface area is 117 Å². The van der Waals surface area contributed by atoms with Gasteiger partial charge in [-0.2, -0.15) is 0 Å². The Morgan fingerprint density at radius 2 is 1.20 bits per heavy atom. The van der Waals surface area contributed by atoms with Crippen LogP contribution in [-0.4, -0.2) is 53.2 Å². The number of methoxy groups -OCH3 is 2. The van der Waals surface area contributed by atoms with Gasteiger partial charge in [-0.3, -0.25) is 9.59 Å². The third-order valence-corrected chi connectivity index (χ3v) is 2.49. The molecule has 0 heterocycles. The topological polar surface area (TPSA) is 71.1 Å².